The van der Waals surface area contributed by atoms with Crippen molar-refractivity contribution in [3.63, 3.8) is 0 Å². The van der Waals surface area contributed by atoms with Crippen molar-refractivity contribution in [3.05, 3.63) is 77.4 Å². The number of carbonyl (C=O) groups is 1. The van der Waals surface area contributed by atoms with Crippen LogP contribution in [0.2, 0.25) is 0 Å². The Morgan fingerprint density at radius 3 is 1.71 bits per heavy atom. The molecule has 7 heteroatoms. The van der Waals surface area contributed by atoms with Gasteiger partial charge >= 0.3 is 5.97 Å². The van der Waals surface area contributed by atoms with E-state index < -0.39 is 5.97 Å². The number of hydrogen-bond donors (Lipinski definition) is 0. The molecule has 0 aliphatic carbocycles. The summed E-state index contributed by atoms with van der Waals surface area (Å²) in [6.07, 6.45) is 1.84. The van der Waals surface area contributed by atoms with Crippen molar-refractivity contribution in [1.82, 2.24) is 9.97 Å². The third-order valence-corrected chi connectivity index (χ3v) is 4.38. The summed E-state index contributed by atoms with van der Waals surface area (Å²) in [4.78, 5) is 21.1. The molecule has 0 aliphatic heterocycles. The normalized spacial score (nSPS) is 10.4. The average Bonchev–Trinajstić information content (AvgIpc) is 2.76. The summed E-state index contributed by atoms with van der Waals surface area (Å²) in [5.74, 6) is -0.338. The molecule has 0 amide bonds. The monoisotopic (exact) mass is 396 g/mol. The minimum atomic E-state index is -0.612. The van der Waals surface area contributed by atoms with Gasteiger partial charge in [0.25, 0.3) is 0 Å². The molecule has 0 bridgehead atoms. The molecule has 0 fully saturated rings. The number of carbonyl (C=O) groups excluding carboxylic acids is 1. The lowest BCUT2D eigenvalue weighted by atomic mass is 10.2. The van der Waals surface area contributed by atoms with Crippen LogP contribution in [0.5, 0.6) is 11.8 Å². The molecule has 0 atom stereocenters. The van der Waals surface area contributed by atoms with E-state index >= 15 is 0 Å². The summed E-state index contributed by atoms with van der Waals surface area (Å²) in [7, 11) is 1.30. The number of ether oxygens (including phenoxy) is 3. The molecule has 144 valence electrons. The Kier molecular flexibility index (Phi) is 6.86. The van der Waals surface area contributed by atoms with Crippen LogP contribution < -0.4 is 9.47 Å². The summed E-state index contributed by atoms with van der Waals surface area (Å²) < 4.78 is 16.6. The number of hydrogen-bond acceptors (Lipinski definition) is 7. The second-order valence-electron chi connectivity index (χ2n) is 5.74. The van der Waals surface area contributed by atoms with Crippen molar-refractivity contribution in [3.8, 4) is 11.8 Å². The minimum Gasteiger partial charge on any atom is -0.472 e. The van der Waals surface area contributed by atoms with Crippen LogP contribution in [0.4, 0.5) is 0 Å². The van der Waals surface area contributed by atoms with Crippen molar-refractivity contribution in [2.75, 3.05) is 13.4 Å². The molecule has 1 aromatic heterocycles. The van der Waals surface area contributed by atoms with Gasteiger partial charge in [0.15, 0.2) is 10.7 Å². The molecule has 1 heterocycles. The summed E-state index contributed by atoms with van der Waals surface area (Å²) in [6.45, 7) is 0.515. The Morgan fingerprint density at radius 1 is 0.857 bits per heavy atom. The molecule has 2 aromatic carbocycles. The summed E-state index contributed by atoms with van der Waals surface area (Å²) in [5, 5.41) is 0.443. The van der Waals surface area contributed by atoms with E-state index in [2.05, 4.69) is 9.97 Å². The SMILES string of the molecule is COC(=O)c1c(OCc2ccccc2)nc(SC)nc1OCc1ccccc1. The Balaban J connectivity index is 1.91. The Labute approximate surface area is 167 Å². The van der Waals surface area contributed by atoms with E-state index in [-0.39, 0.29) is 30.5 Å². The molecule has 0 unspecified atom stereocenters. The zero-order chi connectivity index (χ0) is 19.8. The van der Waals surface area contributed by atoms with E-state index in [1.54, 1.807) is 0 Å². The maximum Gasteiger partial charge on any atom is 0.349 e. The van der Waals surface area contributed by atoms with Crippen molar-refractivity contribution < 1.29 is 19.0 Å². The summed E-state index contributed by atoms with van der Waals surface area (Å²) in [6, 6.07) is 19.3. The molecule has 0 spiro atoms. The van der Waals surface area contributed by atoms with Gasteiger partial charge in [0.1, 0.15) is 13.2 Å². The molecule has 0 aliphatic rings. The first-order chi connectivity index (χ1) is 13.7. The molecule has 28 heavy (non-hydrogen) atoms. The van der Waals surface area contributed by atoms with Gasteiger partial charge in [-0.05, 0) is 17.4 Å². The van der Waals surface area contributed by atoms with E-state index in [9.17, 15) is 4.79 Å². The van der Waals surface area contributed by atoms with Crippen LogP contribution in [0.25, 0.3) is 0 Å². The van der Waals surface area contributed by atoms with Crippen molar-refractivity contribution in [2.24, 2.45) is 0 Å². The van der Waals surface area contributed by atoms with Gasteiger partial charge in [0.05, 0.1) is 7.11 Å². The molecule has 0 radical (unpaired) electrons. The summed E-state index contributed by atoms with van der Waals surface area (Å²) in [5.41, 5.74) is 1.98. The first kappa shape index (κ1) is 19.7. The largest absolute Gasteiger partial charge is 0.472 e. The zero-order valence-electron chi connectivity index (χ0n) is 15.6. The van der Waals surface area contributed by atoms with Crippen LogP contribution in [-0.2, 0) is 18.0 Å². The number of rotatable bonds is 8. The highest BCUT2D eigenvalue weighted by molar-refractivity contribution is 7.98. The molecular weight excluding hydrogens is 376 g/mol. The van der Waals surface area contributed by atoms with Crippen LogP contribution in [0.3, 0.4) is 0 Å². The lowest BCUT2D eigenvalue weighted by Crippen LogP contribution is -2.13. The van der Waals surface area contributed by atoms with Gasteiger partial charge in [-0.2, -0.15) is 9.97 Å². The molecule has 0 saturated carbocycles. The Bertz CT molecular complexity index is 856. The third-order valence-electron chi connectivity index (χ3n) is 3.83. The highest BCUT2D eigenvalue weighted by Gasteiger charge is 2.25. The van der Waals surface area contributed by atoms with Gasteiger partial charge in [-0.1, -0.05) is 72.4 Å². The van der Waals surface area contributed by atoms with Gasteiger partial charge in [-0.3, -0.25) is 0 Å². The number of thioether (sulfide) groups is 1. The van der Waals surface area contributed by atoms with Crippen LogP contribution in [-0.4, -0.2) is 29.3 Å². The average molecular weight is 396 g/mol. The smallest absolute Gasteiger partial charge is 0.349 e. The van der Waals surface area contributed by atoms with Crippen molar-refractivity contribution in [2.45, 2.75) is 18.4 Å². The van der Waals surface area contributed by atoms with Gasteiger partial charge in [-0.15, -0.1) is 0 Å². The first-order valence-electron chi connectivity index (χ1n) is 8.59. The zero-order valence-corrected chi connectivity index (χ0v) is 16.4. The highest BCUT2D eigenvalue weighted by atomic mass is 32.2. The fourth-order valence-corrected chi connectivity index (χ4v) is 2.78. The fraction of sp³-hybridized carbons (Fsp3) is 0.190. The van der Waals surface area contributed by atoms with E-state index in [0.29, 0.717) is 5.16 Å². The predicted octanol–water partition coefficient (Wildman–Crippen LogP) is 4.14. The van der Waals surface area contributed by atoms with E-state index in [0.717, 1.165) is 11.1 Å². The van der Waals surface area contributed by atoms with Crippen LogP contribution in [0.15, 0.2) is 65.8 Å². The molecule has 6 nitrogen and oxygen atoms in total. The van der Waals surface area contributed by atoms with Crippen LogP contribution in [0.1, 0.15) is 21.5 Å². The number of benzene rings is 2. The van der Waals surface area contributed by atoms with E-state index in [1.807, 2.05) is 66.9 Å². The van der Waals surface area contributed by atoms with Crippen LogP contribution >= 0.6 is 11.8 Å². The van der Waals surface area contributed by atoms with E-state index in [4.69, 9.17) is 14.2 Å². The fourth-order valence-electron chi connectivity index (χ4n) is 2.43. The quantitative estimate of drug-likeness (QED) is 0.322. The van der Waals surface area contributed by atoms with Crippen LogP contribution in [0, 0.1) is 0 Å². The lowest BCUT2D eigenvalue weighted by molar-refractivity contribution is 0.0586. The first-order valence-corrected chi connectivity index (χ1v) is 9.81. The van der Waals surface area contributed by atoms with Gasteiger partial charge in [0.2, 0.25) is 11.8 Å². The Morgan fingerprint density at radius 2 is 1.32 bits per heavy atom. The Hall–Kier alpha value is -3.06. The topological polar surface area (TPSA) is 70.5 Å². The number of esters is 1. The lowest BCUT2D eigenvalue weighted by Gasteiger charge is -2.14. The molecule has 3 aromatic rings. The van der Waals surface area contributed by atoms with Gasteiger partial charge < -0.3 is 14.2 Å². The van der Waals surface area contributed by atoms with Gasteiger partial charge in [-0.25, -0.2) is 4.79 Å². The molecule has 0 N–H and O–H groups in total. The minimum absolute atomic E-state index is 0.0761. The van der Waals surface area contributed by atoms with Gasteiger partial charge in [0, 0.05) is 0 Å². The van der Waals surface area contributed by atoms with Crippen molar-refractivity contribution in [1.29, 1.82) is 0 Å². The number of methoxy groups -OCH3 is 1. The van der Waals surface area contributed by atoms with E-state index in [1.165, 1.54) is 18.9 Å². The van der Waals surface area contributed by atoms with Crippen molar-refractivity contribution >= 4 is 17.7 Å². The standard InChI is InChI=1S/C21H20N2O4S/c1-25-20(24)17-18(26-13-15-9-5-3-6-10-15)22-21(28-2)23-19(17)27-14-16-11-7-4-8-12-16/h3-12H,13-14H2,1-2H3. The molecule has 3 rings (SSSR count). The highest BCUT2D eigenvalue weighted by Crippen LogP contribution is 2.30. The summed E-state index contributed by atoms with van der Waals surface area (Å²) >= 11 is 1.33. The second kappa shape index (κ2) is 9.75. The predicted molar refractivity (Wildman–Crippen MR) is 107 cm³/mol. The molecular formula is C21H20N2O4S. The number of nitrogens with zero attached hydrogens (tertiary/aromatic N) is 2. The number of aromatic nitrogens is 2. The maximum absolute atomic E-state index is 12.4. The molecule has 0 saturated heterocycles. The maximum atomic E-state index is 12.4. The second-order valence-corrected chi connectivity index (χ2v) is 6.51. The third kappa shape index (κ3) is 5.01.